The number of hydrogen-bond acceptors (Lipinski definition) is 2. The summed E-state index contributed by atoms with van der Waals surface area (Å²) in [7, 11) is 0. The summed E-state index contributed by atoms with van der Waals surface area (Å²) in [5.41, 5.74) is 0.0488. The van der Waals surface area contributed by atoms with Crippen molar-refractivity contribution < 1.29 is 9.53 Å². The largest absolute Gasteiger partial charge is 0.445 e. The Hall–Kier alpha value is -0.990. The molecule has 1 atom stereocenters. The van der Waals surface area contributed by atoms with Crippen molar-refractivity contribution in [1.29, 1.82) is 0 Å². The zero-order valence-corrected chi connectivity index (χ0v) is 8.89. The quantitative estimate of drug-likeness (QED) is 0.685. The first-order valence-corrected chi connectivity index (χ1v) is 4.42. The SMILES string of the molecule is C=CCOC(=O)NC(C)C(C)(C)C. The zero-order valence-electron chi connectivity index (χ0n) is 8.89. The molecule has 0 heterocycles. The first kappa shape index (κ1) is 12.0. The molecule has 13 heavy (non-hydrogen) atoms. The van der Waals surface area contributed by atoms with E-state index in [0.717, 1.165) is 0 Å². The van der Waals surface area contributed by atoms with Gasteiger partial charge in [0.05, 0.1) is 0 Å². The molecule has 0 saturated carbocycles. The van der Waals surface area contributed by atoms with Crippen molar-refractivity contribution in [3.63, 3.8) is 0 Å². The average molecular weight is 185 g/mol. The molecule has 76 valence electrons. The third kappa shape index (κ3) is 5.28. The second-order valence-electron chi connectivity index (χ2n) is 4.12. The van der Waals surface area contributed by atoms with Crippen molar-refractivity contribution in [1.82, 2.24) is 5.32 Å². The van der Waals surface area contributed by atoms with Crippen LogP contribution in [0.5, 0.6) is 0 Å². The summed E-state index contributed by atoms with van der Waals surface area (Å²) in [5.74, 6) is 0. The van der Waals surface area contributed by atoms with Gasteiger partial charge in [0, 0.05) is 6.04 Å². The van der Waals surface area contributed by atoms with E-state index in [9.17, 15) is 4.79 Å². The molecule has 0 aliphatic carbocycles. The normalized spacial score (nSPS) is 13.2. The van der Waals surface area contributed by atoms with E-state index in [0.29, 0.717) is 0 Å². The van der Waals surface area contributed by atoms with E-state index in [4.69, 9.17) is 4.74 Å². The number of ether oxygens (including phenoxy) is 1. The number of rotatable bonds is 3. The third-order valence-electron chi connectivity index (χ3n) is 1.97. The summed E-state index contributed by atoms with van der Waals surface area (Å²) in [6.07, 6.45) is 1.16. The summed E-state index contributed by atoms with van der Waals surface area (Å²) in [4.78, 5) is 11.1. The first-order valence-electron chi connectivity index (χ1n) is 4.42. The van der Waals surface area contributed by atoms with Crippen molar-refractivity contribution >= 4 is 6.09 Å². The van der Waals surface area contributed by atoms with Crippen molar-refractivity contribution in [2.45, 2.75) is 33.7 Å². The van der Waals surface area contributed by atoms with Gasteiger partial charge in [0.25, 0.3) is 0 Å². The van der Waals surface area contributed by atoms with Crippen LogP contribution in [-0.4, -0.2) is 18.7 Å². The van der Waals surface area contributed by atoms with Gasteiger partial charge in [0.1, 0.15) is 6.61 Å². The van der Waals surface area contributed by atoms with Gasteiger partial charge in [-0.3, -0.25) is 0 Å². The summed E-state index contributed by atoms with van der Waals surface area (Å²) in [6.45, 7) is 11.8. The highest BCUT2D eigenvalue weighted by Crippen LogP contribution is 2.18. The lowest BCUT2D eigenvalue weighted by molar-refractivity contribution is 0.145. The Morgan fingerprint density at radius 2 is 2.15 bits per heavy atom. The molecule has 3 nitrogen and oxygen atoms in total. The maximum Gasteiger partial charge on any atom is 0.407 e. The fourth-order valence-corrected chi connectivity index (χ4v) is 0.570. The van der Waals surface area contributed by atoms with Crippen LogP contribution in [0.1, 0.15) is 27.7 Å². The van der Waals surface area contributed by atoms with Crippen molar-refractivity contribution in [2.24, 2.45) is 5.41 Å². The van der Waals surface area contributed by atoms with Gasteiger partial charge in [-0.1, -0.05) is 33.4 Å². The maximum absolute atomic E-state index is 11.1. The molecule has 0 aromatic rings. The lowest BCUT2D eigenvalue weighted by Gasteiger charge is -2.27. The lowest BCUT2D eigenvalue weighted by Crippen LogP contribution is -2.41. The van der Waals surface area contributed by atoms with E-state index in [1.807, 2.05) is 6.92 Å². The fraction of sp³-hybridized carbons (Fsp3) is 0.700. The number of nitrogens with one attached hydrogen (secondary N) is 1. The summed E-state index contributed by atoms with van der Waals surface area (Å²) >= 11 is 0. The molecule has 0 radical (unpaired) electrons. The first-order chi connectivity index (χ1) is 5.88. The molecule has 1 N–H and O–H groups in total. The van der Waals surface area contributed by atoms with Gasteiger partial charge < -0.3 is 10.1 Å². The van der Waals surface area contributed by atoms with Gasteiger partial charge in [-0.15, -0.1) is 0 Å². The molecule has 0 rings (SSSR count). The molecule has 0 aliphatic heterocycles. The fourth-order valence-electron chi connectivity index (χ4n) is 0.570. The topological polar surface area (TPSA) is 38.3 Å². The highest BCUT2D eigenvalue weighted by Gasteiger charge is 2.21. The number of carbonyl (C=O) groups is 1. The number of hydrogen-bond donors (Lipinski definition) is 1. The van der Waals surface area contributed by atoms with Crippen LogP contribution in [0.25, 0.3) is 0 Å². The Kier molecular flexibility index (Phi) is 4.52. The third-order valence-corrected chi connectivity index (χ3v) is 1.97. The minimum absolute atomic E-state index is 0.0488. The van der Waals surface area contributed by atoms with Crippen molar-refractivity contribution in [2.75, 3.05) is 6.61 Å². The summed E-state index contributed by atoms with van der Waals surface area (Å²) < 4.78 is 4.79. The van der Waals surface area contributed by atoms with E-state index >= 15 is 0 Å². The van der Waals surface area contributed by atoms with Gasteiger partial charge in [0.2, 0.25) is 0 Å². The van der Waals surface area contributed by atoms with E-state index in [-0.39, 0.29) is 24.2 Å². The second-order valence-corrected chi connectivity index (χ2v) is 4.12. The van der Waals surface area contributed by atoms with Gasteiger partial charge >= 0.3 is 6.09 Å². The zero-order chi connectivity index (χ0) is 10.5. The molecular weight excluding hydrogens is 166 g/mol. The Morgan fingerprint density at radius 1 is 1.62 bits per heavy atom. The van der Waals surface area contributed by atoms with E-state index in [1.54, 1.807) is 6.08 Å². The van der Waals surface area contributed by atoms with Crippen LogP contribution < -0.4 is 5.32 Å². The van der Waals surface area contributed by atoms with Crippen LogP contribution in [0.4, 0.5) is 4.79 Å². The molecule has 3 heteroatoms. The van der Waals surface area contributed by atoms with Crippen molar-refractivity contribution in [3.05, 3.63) is 12.7 Å². The molecule has 1 unspecified atom stereocenters. The Morgan fingerprint density at radius 3 is 2.54 bits per heavy atom. The smallest absolute Gasteiger partial charge is 0.407 e. The minimum Gasteiger partial charge on any atom is -0.445 e. The molecule has 1 amide bonds. The molecule has 0 bridgehead atoms. The predicted molar refractivity (Wildman–Crippen MR) is 53.6 cm³/mol. The van der Waals surface area contributed by atoms with Gasteiger partial charge in [0.15, 0.2) is 0 Å². The van der Waals surface area contributed by atoms with Gasteiger partial charge in [-0.2, -0.15) is 0 Å². The highest BCUT2D eigenvalue weighted by molar-refractivity contribution is 5.67. The standard InChI is InChI=1S/C10H19NO2/c1-6-7-13-9(12)11-8(2)10(3,4)5/h6,8H,1,7H2,2-5H3,(H,11,12). The second kappa shape index (κ2) is 4.90. The van der Waals surface area contributed by atoms with Crippen LogP contribution in [0, 0.1) is 5.41 Å². The van der Waals surface area contributed by atoms with Crippen LogP contribution in [0.15, 0.2) is 12.7 Å². The minimum atomic E-state index is -0.387. The molecule has 0 aromatic heterocycles. The lowest BCUT2D eigenvalue weighted by atomic mass is 9.88. The highest BCUT2D eigenvalue weighted by atomic mass is 16.5. The van der Waals surface area contributed by atoms with Gasteiger partial charge in [-0.25, -0.2) is 4.79 Å². The Labute approximate surface area is 80.2 Å². The monoisotopic (exact) mass is 185 g/mol. The maximum atomic E-state index is 11.1. The number of alkyl carbamates (subject to hydrolysis) is 1. The Bertz CT molecular complexity index is 182. The van der Waals surface area contributed by atoms with Crippen molar-refractivity contribution in [3.8, 4) is 0 Å². The molecular formula is C10H19NO2. The van der Waals surface area contributed by atoms with Crippen LogP contribution in [0.2, 0.25) is 0 Å². The average Bonchev–Trinajstić information content (AvgIpc) is 1.99. The van der Waals surface area contributed by atoms with Crippen LogP contribution in [-0.2, 0) is 4.74 Å². The number of amides is 1. The van der Waals surface area contributed by atoms with E-state index in [1.165, 1.54) is 0 Å². The molecule has 0 spiro atoms. The number of carbonyl (C=O) groups excluding carboxylic acids is 1. The molecule has 0 aromatic carbocycles. The van der Waals surface area contributed by atoms with Gasteiger partial charge in [-0.05, 0) is 12.3 Å². The summed E-state index contributed by atoms with van der Waals surface area (Å²) in [6, 6.07) is 0.0878. The van der Waals surface area contributed by atoms with Crippen LogP contribution >= 0.6 is 0 Å². The molecule has 0 fully saturated rings. The van der Waals surface area contributed by atoms with E-state index < -0.39 is 0 Å². The Balaban J connectivity index is 3.85. The molecule has 0 saturated heterocycles. The molecule has 0 aliphatic rings. The van der Waals surface area contributed by atoms with Crippen LogP contribution in [0.3, 0.4) is 0 Å². The summed E-state index contributed by atoms with van der Waals surface area (Å²) in [5, 5.41) is 2.75. The van der Waals surface area contributed by atoms with E-state index in [2.05, 4.69) is 32.7 Å². The predicted octanol–water partition coefficient (Wildman–Crippen LogP) is 2.33.